The number of carbonyl (C=O) groups is 3. The van der Waals surface area contributed by atoms with Crippen LogP contribution in [0.25, 0.3) is 0 Å². The van der Waals surface area contributed by atoms with E-state index in [-0.39, 0.29) is 30.6 Å². The molecule has 0 radical (unpaired) electrons. The van der Waals surface area contributed by atoms with Gasteiger partial charge in [-0.15, -0.1) is 0 Å². The van der Waals surface area contributed by atoms with E-state index in [1.54, 1.807) is 30.3 Å². The Balaban J connectivity index is 1.70. The Kier molecular flexibility index (Phi) is 7.80. The van der Waals surface area contributed by atoms with Crippen LogP contribution in [-0.2, 0) is 9.59 Å². The largest absolute Gasteiger partial charge is 0.350 e. The molecule has 38 heavy (non-hydrogen) atoms. The van der Waals surface area contributed by atoms with Crippen molar-refractivity contribution in [1.82, 2.24) is 10.6 Å². The number of urea groups is 1. The van der Waals surface area contributed by atoms with Crippen LogP contribution in [0.2, 0.25) is 0 Å². The number of rotatable bonds is 5. The summed E-state index contributed by atoms with van der Waals surface area (Å²) in [7, 11) is 0. The molecule has 1 heterocycles. The molecule has 7 nitrogen and oxygen atoms in total. The average molecular weight is 517 g/mol. The van der Waals surface area contributed by atoms with E-state index in [2.05, 4.69) is 16.0 Å². The van der Waals surface area contributed by atoms with Crippen molar-refractivity contribution >= 4 is 29.2 Å². The third-order valence-corrected chi connectivity index (χ3v) is 6.31. The van der Waals surface area contributed by atoms with Crippen LogP contribution in [0.1, 0.15) is 49.8 Å². The number of nitrogens with zero attached hydrogens (tertiary/aromatic N) is 1. The Labute approximate surface area is 222 Å². The molecule has 2 atom stereocenters. The summed E-state index contributed by atoms with van der Waals surface area (Å²) < 4.78 is 13.7. The molecule has 3 aromatic rings. The molecule has 3 N–H and O–H groups in total. The first-order valence-corrected chi connectivity index (χ1v) is 12.6. The summed E-state index contributed by atoms with van der Waals surface area (Å²) in [4.78, 5) is 41.3. The van der Waals surface area contributed by atoms with Crippen molar-refractivity contribution in [2.75, 3.05) is 16.8 Å². The van der Waals surface area contributed by atoms with Gasteiger partial charge in [-0.3, -0.25) is 9.59 Å². The van der Waals surface area contributed by atoms with E-state index in [1.165, 1.54) is 17.0 Å². The lowest BCUT2D eigenvalue weighted by molar-refractivity contribution is -0.125. The SMILES string of the molecule is Cc1cccc(NC(=O)NC2CC(c3ccc(F)cc3)c3ccccc3N(CC(=O)NC(C)(C)C)C2=O)c1. The molecule has 1 aliphatic rings. The van der Waals surface area contributed by atoms with Crippen molar-refractivity contribution in [3.8, 4) is 0 Å². The lowest BCUT2D eigenvalue weighted by atomic mass is 9.86. The minimum atomic E-state index is -0.940. The molecule has 0 fully saturated rings. The highest BCUT2D eigenvalue weighted by molar-refractivity contribution is 6.05. The number of carbonyl (C=O) groups excluding carboxylic acids is 3. The molecule has 4 amide bonds. The van der Waals surface area contributed by atoms with Crippen molar-refractivity contribution in [1.29, 1.82) is 0 Å². The van der Waals surface area contributed by atoms with E-state index in [9.17, 15) is 18.8 Å². The molecule has 0 aromatic heterocycles. The van der Waals surface area contributed by atoms with Crippen LogP contribution < -0.4 is 20.9 Å². The summed E-state index contributed by atoms with van der Waals surface area (Å²) in [6.45, 7) is 7.32. The van der Waals surface area contributed by atoms with Crippen molar-refractivity contribution < 1.29 is 18.8 Å². The van der Waals surface area contributed by atoms with Gasteiger partial charge in [-0.05, 0) is 81.1 Å². The van der Waals surface area contributed by atoms with Crippen LogP contribution in [0.5, 0.6) is 0 Å². The van der Waals surface area contributed by atoms with Gasteiger partial charge in [0, 0.05) is 22.8 Å². The summed E-state index contributed by atoms with van der Waals surface area (Å²) in [6.07, 6.45) is 0.236. The first-order chi connectivity index (χ1) is 18.0. The molecule has 3 aromatic carbocycles. The first kappa shape index (κ1) is 26.9. The van der Waals surface area contributed by atoms with Gasteiger partial charge in [-0.2, -0.15) is 0 Å². The van der Waals surface area contributed by atoms with Gasteiger partial charge < -0.3 is 20.9 Å². The van der Waals surface area contributed by atoms with Crippen LogP contribution in [0.3, 0.4) is 0 Å². The van der Waals surface area contributed by atoms with Gasteiger partial charge in [0.2, 0.25) is 11.8 Å². The molecule has 0 saturated heterocycles. The molecule has 0 saturated carbocycles. The highest BCUT2D eigenvalue weighted by Crippen LogP contribution is 2.39. The van der Waals surface area contributed by atoms with Crippen molar-refractivity contribution in [3.05, 3.63) is 95.3 Å². The number of hydrogen-bond acceptors (Lipinski definition) is 3. The lowest BCUT2D eigenvalue weighted by Crippen LogP contribution is -2.53. The summed E-state index contributed by atoms with van der Waals surface area (Å²) in [5.74, 6) is -1.40. The number of nitrogens with one attached hydrogen (secondary N) is 3. The normalized spacial score (nSPS) is 17.3. The number of amides is 4. The number of para-hydroxylation sites is 1. The van der Waals surface area contributed by atoms with Crippen molar-refractivity contribution in [2.45, 2.75) is 51.6 Å². The van der Waals surface area contributed by atoms with Crippen LogP contribution >= 0.6 is 0 Å². The standard InChI is InChI=1S/C30H33FN4O3/c1-19-8-7-9-22(16-19)32-29(38)33-25-17-24(20-12-14-21(31)15-13-20)23-10-5-6-11-26(23)35(28(25)37)18-27(36)34-30(2,3)4/h5-16,24-25H,17-18H2,1-4H3,(H,34,36)(H2,32,33,38). The fourth-order valence-electron chi connectivity index (χ4n) is 4.74. The van der Waals surface area contributed by atoms with Gasteiger partial charge in [-0.25, -0.2) is 9.18 Å². The molecule has 2 unspecified atom stereocenters. The second-order valence-electron chi connectivity index (χ2n) is 10.6. The van der Waals surface area contributed by atoms with Crippen LogP contribution in [0.15, 0.2) is 72.8 Å². The number of halogens is 1. The topological polar surface area (TPSA) is 90.5 Å². The Morgan fingerprint density at radius 3 is 2.39 bits per heavy atom. The minimum absolute atomic E-state index is 0.207. The van der Waals surface area contributed by atoms with Gasteiger partial charge in [-0.1, -0.05) is 42.5 Å². The second-order valence-corrected chi connectivity index (χ2v) is 10.6. The summed E-state index contributed by atoms with van der Waals surface area (Å²) >= 11 is 0. The number of aryl methyl sites for hydroxylation is 1. The molecule has 198 valence electrons. The van der Waals surface area contributed by atoms with E-state index in [1.807, 2.05) is 58.0 Å². The Morgan fingerprint density at radius 2 is 1.71 bits per heavy atom. The van der Waals surface area contributed by atoms with E-state index in [4.69, 9.17) is 0 Å². The second kappa shape index (κ2) is 11.0. The monoisotopic (exact) mass is 516 g/mol. The third-order valence-electron chi connectivity index (χ3n) is 6.31. The fourth-order valence-corrected chi connectivity index (χ4v) is 4.74. The summed E-state index contributed by atoms with van der Waals surface area (Å²) in [5.41, 5.74) is 3.31. The van der Waals surface area contributed by atoms with E-state index in [0.717, 1.165) is 16.7 Å². The van der Waals surface area contributed by atoms with Gasteiger partial charge >= 0.3 is 6.03 Å². The number of fused-ring (bicyclic) bond motifs is 1. The molecule has 8 heteroatoms. The quantitative estimate of drug-likeness (QED) is 0.440. The van der Waals surface area contributed by atoms with E-state index in [0.29, 0.717) is 11.4 Å². The maximum Gasteiger partial charge on any atom is 0.319 e. The average Bonchev–Trinajstić information content (AvgIpc) is 2.94. The number of benzene rings is 3. The van der Waals surface area contributed by atoms with Gasteiger partial charge in [0.05, 0.1) is 0 Å². The zero-order valence-corrected chi connectivity index (χ0v) is 22.0. The van der Waals surface area contributed by atoms with Gasteiger partial charge in [0.1, 0.15) is 18.4 Å². The third kappa shape index (κ3) is 6.56. The van der Waals surface area contributed by atoms with Crippen LogP contribution in [0.4, 0.5) is 20.6 Å². The number of hydrogen-bond donors (Lipinski definition) is 3. The summed E-state index contributed by atoms with van der Waals surface area (Å²) in [6, 6.07) is 19.4. The Bertz CT molecular complexity index is 1330. The molecular formula is C30H33FN4O3. The van der Waals surface area contributed by atoms with Crippen molar-refractivity contribution in [3.63, 3.8) is 0 Å². The Morgan fingerprint density at radius 1 is 1.00 bits per heavy atom. The van der Waals surface area contributed by atoms with E-state index < -0.39 is 23.5 Å². The highest BCUT2D eigenvalue weighted by atomic mass is 19.1. The predicted octanol–water partition coefficient (Wildman–Crippen LogP) is 5.11. The maximum atomic E-state index is 13.9. The molecule has 0 aliphatic carbocycles. The zero-order chi connectivity index (χ0) is 27.4. The van der Waals surface area contributed by atoms with Crippen LogP contribution in [0, 0.1) is 12.7 Å². The highest BCUT2D eigenvalue weighted by Gasteiger charge is 2.37. The first-order valence-electron chi connectivity index (χ1n) is 12.6. The lowest BCUT2D eigenvalue weighted by Gasteiger charge is -2.28. The molecule has 1 aliphatic heterocycles. The fraction of sp³-hybridized carbons (Fsp3) is 0.300. The molecule has 0 spiro atoms. The van der Waals surface area contributed by atoms with Crippen molar-refractivity contribution in [2.24, 2.45) is 0 Å². The number of anilines is 2. The minimum Gasteiger partial charge on any atom is -0.350 e. The summed E-state index contributed by atoms with van der Waals surface area (Å²) in [5, 5.41) is 8.52. The van der Waals surface area contributed by atoms with Gasteiger partial charge in [0.15, 0.2) is 0 Å². The maximum absolute atomic E-state index is 13.9. The molecule has 0 bridgehead atoms. The zero-order valence-electron chi connectivity index (χ0n) is 22.0. The molecular weight excluding hydrogens is 483 g/mol. The Hall–Kier alpha value is -4.20. The van der Waals surface area contributed by atoms with Gasteiger partial charge in [0.25, 0.3) is 0 Å². The van der Waals surface area contributed by atoms with Crippen LogP contribution in [-0.4, -0.2) is 36.0 Å². The molecule has 4 rings (SSSR count). The van der Waals surface area contributed by atoms with E-state index >= 15 is 0 Å². The smallest absolute Gasteiger partial charge is 0.319 e. The predicted molar refractivity (Wildman–Crippen MR) is 147 cm³/mol.